The number of aryl methyl sites for hydroxylation is 1. The first-order valence-electron chi connectivity index (χ1n) is 3.40. The molecule has 12 heavy (non-hydrogen) atoms. The minimum Gasteiger partial charge on any atom is -0.466 e. The lowest BCUT2D eigenvalue weighted by Crippen LogP contribution is -1.93. The lowest BCUT2D eigenvalue weighted by atomic mass is 10.4. The van der Waals surface area contributed by atoms with Crippen LogP contribution in [0.2, 0.25) is 0 Å². The van der Waals surface area contributed by atoms with Crippen molar-refractivity contribution in [2.24, 2.45) is 0 Å². The molecule has 0 bridgehead atoms. The zero-order valence-electron chi connectivity index (χ0n) is 6.90. The quantitative estimate of drug-likeness (QED) is 0.517. The first-order chi connectivity index (χ1) is 5.72. The molecule has 0 spiro atoms. The standard InChI is InChI=1S/C8H9NO2S/c1-6-9-7(5-12-6)3-4-8(10)11-2/h3-5H,1-2H3. The number of aromatic nitrogens is 1. The Kier molecular flexibility index (Phi) is 2.99. The maximum Gasteiger partial charge on any atom is 0.330 e. The van der Waals surface area contributed by atoms with Gasteiger partial charge < -0.3 is 4.74 Å². The molecule has 0 atom stereocenters. The second-order valence-corrected chi connectivity index (χ2v) is 3.21. The Morgan fingerprint density at radius 3 is 3.00 bits per heavy atom. The van der Waals surface area contributed by atoms with Gasteiger partial charge in [-0.1, -0.05) is 0 Å². The summed E-state index contributed by atoms with van der Waals surface area (Å²) in [5, 5.41) is 2.87. The molecule has 0 amide bonds. The number of thiazole rings is 1. The summed E-state index contributed by atoms with van der Waals surface area (Å²) in [6.07, 6.45) is 2.99. The highest BCUT2D eigenvalue weighted by Crippen LogP contribution is 2.08. The molecule has 0 aliphatic rings. The van der Waals surface area contributed by atoms with Gasteiger partial charge in [0.2, 0.25) is 0 Å². The van der Waals surface area contributed by atoms with Gasteiger partial charge in [-0.25, -0.2) is 9.78 Å². The first kappa shape index (κ1) is 8.93. The van der Waals surface area contributed by atoms with Gasteiger partial charge in [-0.2, -0.15) is 0 Å². The monoisotopic (exact) mass is 183 g/mol. The largest absolute Gasteiger partial charge is 0.466 e. The third-order valence-electron chi connectivity index (χ3n) is 1.23. The maximum absolute atomic E-state index is 10.7. The minimum absolute atomic E-state index is 0.361. The molecule has 0 saturated heterocycles. The molecule has 0 radical (unpaired) electrons. The molecule has 0 fully saturated rings. The number of hydrogen-bond donors (Lipinski definition) is 0. The molecule has 0 saturated carbocycles. The van der Waals surface area contributed by atoms with E-state index in [1.807, 2.05) is 12.3 Å². The van der Waals surface area contributed by atoms with Crippen LogP contribution in [0.3, 0.4) is 0 Å². The van der Waals surface area contributed by atoms with Crippen LogP contribution in [0.1, 0.15) is 10.7 Å². The molecule has 0 N–H and O–H groups in total. The summed E-state index contributed by atoms with van der Waals surface area (Å²) in [5.74, 6) is -0.361. The third kappa shape index (κ3) is 2.47. The van der Waals surface area contributed by atoms with E-state index in [1.54, 1.807) is 17.4 Å². The zero-order chi connectivity index (χ0) is 8.97. The lowest BCUT2D eigenvalue weighted by molar-refractivity contribution is -0.134. The number of methoxy groups -OCH3 is 1. The van der Waals surface area contributed by atoms with Gasteiger partial charge in [0.15, 0.2) is 0 Å². The molecule has 0 aliphatic carbocycles. The zero-order valence-corrected chi connectivity index (χ0v) is 7.72. The van der Waals surface area contributed by atoms with Crippen LogP contribution >= 0.6 is 11.3 Å². The average molecular weight is 183 g/mol. The van der Waals surface area contributed by atoms with E-state index in [9.17, 15) is 4.79 Å². The Morgan fingerprint density at radius 2 is 2.50 bits per heavy atom. The SMILES string of the molecule is COC(=O)C=Cc1csc(C)n1. The highest BCUT2D eigenvalue weighted by atomic mass is 32.1. The molecular weight excluding hydrogens is 174 g/mol. The van der Waals surface area contributed by atoms with Crippen LogP contribution < -0.4 is 0 Å². The van der Waals surface area contributed by atoms with E-state index in [2.05, 4.69) is 9.72 Å². The molecule has 0 aromatic carbocycles. The number of rotatable bonds is 2. The highest BCUT2D eigenvalue weighted by molar-refractivity contribution is 7.09. The maximum atomic E-state index is 10.7. The van der Waals surface area contributed by atoms with Crippen LogP contribution in [0.4, 0.5) is 0 Å². The second kappa shape index (κ2) is 4.01. The molecule has 1 rings (SSSR count). The Morgan fingerprint density at radius 1 is 1.75 bits per heavy atom. The number of hydrogen-bond acceptors (Lipinski definition) is 4. The summed E-state index contributed by atoms with van der Waals surface area (Å²) >= 11 is 1.55. The van der Waals surface area contributed by atoms with Crippen molar-refractivity contribution in [1.29, 1.82) is 0 Å². The van der Waals surface area contributed by atoms with Crippen molar-refractivity contribution in [1.82, 2.24) is 4.98 Å². The van der Waals surface area contributed by atoms with Crippen molar-refractivity contribution in [3.05, 3.63) is 22.2 Å². The van der Waals surface area contributed by atoms with Gasteiger partial charge in [0.1, 0.15) is 0 Å². The van der Waals surface area contributed by atoms with Gasteiger partial charge in [-0.15, -0.1) is 11.3 Å². The van der Waals surface area contributed by atoms with Gasteiger partial charge in [0.05, 0.1) is 17.8 Å². The first-order valence-corrected chi connectivity index (χ1v) is 4.28. The number of nitrogens with zero attached hydrogens (tertiary/aromatic N) is 1. The predicted octanol–water partition coefficient (Wildman–Crippen LogP) is 1.64. The van der Waals surface area contributed by atoms with Crippen LogP contribution in [-0.4, -0.2) is 18.1 Å². The van der Waals surface area contributed by atoms with Crippen molar-refractivity contribution in [2.75, 3.05) is 7.11 Å². The fourth-order valence-electron chi connectivity index (χ4n) is 0.678. The summed E-state index contributed by atoms with van der Waals surface area (Å²) < 4.78 is 4.43. The highest BCUT2D eigenvalue weighted by Gasteiger charge is 1.94. The molecule has 64 valence electrons. The third-order valence-corrected chi connectivity index (χ3v) is 2.02. The van der Waals surface area contributed by atoms with Crippen LogP contribution in [0.25, 0.3) is 6.08 Å². The number of esters is 1. The van der Waals surface area contributed by atoms with E-state index >= 15 is 0 Å². The van der Waals surface area contributed by atoms with Crippen LogP contribution in [0.5, 0.6) is 0 Å². The summed E-state index contributed by atoms with van der Waals surface area (Å²) in [6, 6.07) is 0. The normalized spacial score (nSPS) is 10.5. The number of ether oxygens (including phenoxy) is 1. The van der Waals surface area contributed by atoms with Gasteiger partial charge in [-0.3, -0.25) is 0 Å². The molecule has 3 nitrogen and oxygen atoms in total. The van der Waals surface area contributed by atoms with E-state index in [4.69, 9.17) is 0 Å². The summed E-state index contributed by atoms with van der Waals surface area (Å²) in [4.78, 5) is 14.8. The Labute approximate surface area is 74.7 Å². The fraction of sp³-hybridized carbons (Fsp3) is 0.250. The van der Waals surface area contributed by atoms with Crippen LogP contribution in [0, 0.1) is 6.92 Å². The van der Waals surface area contributed by atoms with Gasteiger partial charge in [0.25, 0.3) is 0 Å². The van der Waals surface area contributed by atoms with Crippen molar-refractivity contribution in [3.8, 4) is 0 Å². The summed E-state index contributed by atoms with van der Waals surface area (Å²) in [5.41, 5.74) is 0.794. The van der Waals surface area contributed by atoms with Crippen molar-refractivity contribution in [2.45, 2.75) is 6.92 Å². The van der Waals surface area contributed by atoms with Crippen LogP contribution in [-0.2, 0) is 9.53 Å². The molecule has 1 aromatic rings. The van der Waals surface area contributed by atoms with Gasteiger partial charge in [-0.05, 0) is 13.0 Å². The Hall–Kier alpha value is -1.16. The topological polar surface area (TPSA) is 39.2 Å². The molecular formula is C8H9NO2S. The molecule has 4 heteroatoms. The minimum atomic E-state index is -0.361. The Balaban J connectivity index is 2.63. The smallest absolute Gasteiger partial charge is 0.330 e. The summed E-state index contributed by atoms with van der Waals surface area (Å²) in [6.45, 7) is 1.92. The fourth-order valence-corrected chi connectivity index (χ4v) is 1.26. The molecule has 1 aromatic heterocycles. The summed E-state index contributed by atoms with van der Waals surface area (Å²) in [7, 11) is 1.35. The van der Waals surface area contributed by atoms with E-state index in [-0.39, 0.29) is 5.97 Å². The molecule has 1 heterocycles. The van der Waals surface area contributed by atoms with Crippen molar-refractivity contribution < 1.29 is 9.53 Å². The second-order valence-electron chi connectivity index (χ2n) is 2.15. The van der Waals surface area contributed by atoms with E-state index in [0.717, 1.165) is 10.7 Å². The van der Waals surface area contributed by atoms with Crippen molar-refractivity contribution >= 4 is 23.4 Å². The average Bonchev–Trinajstić information content (AvgIpc) is 2.47. The molecule has 0 aliphatic heterocycles. The van der Waals surface area contributed by atoms with E-state index < -0.39 is 0 Å². The lowest BCUT2D eigenvalue weighted by Gasteiger charge is -1.87. The van der Waals surface area contributed by atoms with Gasteiger partial charge in [0, 0.05) is 11.5 Å². The van der Waals surface area contributed by atoms with E-state index in [0.29, 0.717) is 0 Å². The predicted molar refractivity (Wildman–Crippen MR) is 47.9 cm³/mol. The van der Waals surface area contributed by atoms with Gasteiger partial charge >= 0.3 is 5.97 Å². The molecule has 0 unspecified atom stereocenters. The number of carbonyl (C=O) groups is 1. The van der Waals surface area contributed by atoms with E-state index in [1.165, 1.54) is 13.2 Å². The van der Waals surface area contributed by atoms with Crippen LogP contribution in [0.15, 0.2) is 11.5 Å². The van der Waals surface area contributed by atoms with Crippen molar-refractivity contribution in [3.63, 3.8) is 0 Å². The Bertz CT molecular complexity index is 304. The number of carbonyl (C=O) groups excluding carboxylic acids is 1.